The fourth-order valence-corrected chi connectivity index (χ4v) is 3.00. The van der Waals surface area contributed by atoms with Crippen molar-refractivity contribution in [3.05, 3.63) is 34.1 Å². The first-order valence-electron chi connectivity index (χ1n) is 6.61. The number of benzene rings is 1. The van der Waals surface area contributed by atoms with E-state index >= 15 is 0 Å². The third-order valence-corrected chi connectivity index (χ3v) is 4.11. The maximum atomic E-state index is 13.2. The number of halogens is 2. The van der Waals surface area contributed by atoms with Crippen LogP contribution in [-0.2, 0) is 9.53 Å². The summed E-state index contributed by atoms with van der Waals surface area (Å²) in [6, 6.07) is 3.88. The number of nitrogens with zero attached hydrogens (tertiary/aromatic N) is 1. The fourth-order valence-electron chi connectivity index (χ4n) is 2.43. The minimum absolute atomic E-state index is 0.320. The van der Waals surface area contributed by atoms with Crippen LogP contribution in [0.3, 0.4) is 0 Å². The predicted octanol–water partition coefficient (Wildman–Crippen LogP) is 2.10. The summed E-state index contributed by atoms with van der Waals surface area (Å²) in [5.74, 6) is -0.652. The molecule has 1 aromatic rings. The van der Waals surface area contributed by atoms with Crippen LogP contribution in [0.1, 0.15) is 18.0 Å². The summed E-state index contributed by atoms with van der Waals surface area (Å²) in [5, 5.41) is 3.30. The van der Waals surface area contributed by atoms with Gasteiger partial charge in [0.05, 0.1) is 7.11 Å². The van der Waals surface area contributed by atoms with Crippen LogP contribution in [-0.4, -0.2) is 44.2 Å². The minimum Gasteiger partial charge on any atom is -0.468 e. The largest absolute Gasteiger partial charge is 0.468 e. The molecule has 6 heteroatoms. The van der Waals surface area contributed by atoms with Crippen molar-refractivity contribution in [1.82, 2.24) is 10.2 Å². The molecule has 0 aromatic heterocycles. The quantitative estimate of drug-likeness (QED) is 0.852. The zero-order valence-corrected chi connectivity index (χ0v) is 13.0. The Labute approximate surface area is 126 Å². The molecule has 1 heterocycles. The molecule has 0 radical (unpaired) electrons. The normalized spacial score (nSPS) is 18.4. The lowest BCUT2D eigenvalue weighted by atomic mass is 10.0. The molecule has 1 unspecified atom stereocenters. The smallest absolute Gasteiger partial charge is 0.327 e. The number of hydrogen-bond acceptors (Lipinski definition) is 4. The van der Waals surface area contributed by atoms with Crippen molar-refractivity contribution < 1.29 is 13.9 Å². The average Bonchev–Trinajstić information content (AvgIpc) is 2.70. The SMILES string of the molecule is COC(=O)C(c1ccc(F)cc1Br)N1CCCNCC1. The van der Waals surface area contributed by atoms with E-state index in [9.17, 15) is 9.18 Å². The highest BCUT2D eigenvalue weighted by atomic mass is 79.9. The van der Waals surface area contributed by atoms with Crippen molar-refractivity contribution in [2.24, 2.45) is 0 Å². The Hall–Kier alpha value is -0.980. The van der Waals surface area contributed by atoms with E-state index in [1.807, 2.05) is 0 Å². The summed E-state index contributed by atoms with van der Waals surface area (Å²) < 4.78 is 18.7. The van der Waals surface area contributed by atoms with Crippen molar-refractivity contribution in [3.63, 3.8) is 0 Å². The van der Waals surface area contributed by atoms with E-state index in [4.69, 9.17) is 4.74 Å². The molecule has 1 aromatic carbocycles. The molecule has 110 valence electrons. The molecule has 1 N–H and O–H groups in total. The third kappa shape index (κ3) is 3.56. The Morgan fingerprint density at radius 2 is 2.25 bits per heavy atom. The van der Waals surface area contributed by atoms with Gasteiger partial charge in [-0.2, -0.15) is 0 Å². The highest BCUT2D eigenvalue weighted by molar-refractivity contribution is 9.10. The highest BCUT2D eigenvalue weighted by Gasteiger charge is 2.30. The molecule has 0 bridgehead atoms. The zero-order chi connectivity index (χ0) is 14.5. The zero-order valence-electron chi connectivity index (χ0n) is 11.4. The molecule has 1 aliphatic rings. The van der Waals surface area contributed by atoms with Crippen molar-refractivity contribution in [3.8, 4) is 0 Å². The lowest BCUT2D eigenvalue weighted by Gasteiger charge is -2.29. The number of esters is 1. The summed E-state index contributed by atoms with van der Waals surface area (Å²) in [5.41, 5.74) is 0.736. The number of carbonyl (C=O) groups is 1. The lowest BCUT2D eigenvalue weighted by Crippen LogP contribution is -2.37. The summed E-state index contributed by atoms with van der Waals surface area (Å²) in [7, 11) is 1.38. The van der Waals surface area contributed by atoms with Gasteiger partial charge in [0.2, 0.25) is 0 Å². The van der Waals surface area contributed by atoms with Gasteiger partial charge in [-0.25, -0.2) is 9.18 Å². The van der Waals surface area contributed by atoms with Crippen molar-refractivity contribution in [1.29, 1.82) is 0 Å². The van der Waals surface area contributed by atoms with Crippen molar-refractivity contribution in [2.45, 2.75) is 12.5 Å². The minimum atomic E-state index is -0.505. The number of rotatable bonds is 3. The maximum absolute atomic E-state index is 13.2. The van der Waals surface area contributed by atoms with Crippen LogP contribution < -0.4 is 5.32 Å². The van der Waals surface area contributed by atoms with Gasteiger partial charge in [0, 0.05) is 24.1 Å². The molecule has 0 saturated carbocycles. The number of hydrogen-bond donors (Lipinski definition) is 1. The van der Waals surface area contributed by atoms with Crippen LogP contribution in [0.4, 0.5) is 4.39 Å². The molecule has 0 spiro atoms. The molecule has 1 fully saturated rings. The van der Waals surface area contributed by atoms with Gasteiger partial charge in [0.25, 0.3) is 0 Å². The first-order valence-corrected chi connectivity index (χ1v) is 7.40. The van der Waals surface area contributed by atoms with E-state index in [-0.39, 0.29) is 11.8 Å². The van der Waals surface area contributed by atoms with Crippen molar-refractivity contribution >= 4 is 21.9 Å². The molecule has 2 rings (SSSR count). The van der Waals surface area contributed by atoms with Gasteiger partial charge >= 0.3 is 5.97 Å². The van der Waals surface area contributed by atoms with Crippen molar-refractivity contribution in [2.75, 3.05) is 33.3 Å². The molecule has 1 aliphatic heterocycles. The van der Waals surface area contributed by atoms with E-state index in [0.29, 0.717) is 4.47 Å². The van der Waals surface area contributed by atoms with E-state index in [1.165, 1.54) is 19.2 Å². The molecule has 20 heavy (non-hydrogen) atoms. The van der Waals surface area contributed by atoms with E-state index < -0.39 is 6.04 Å². The second-order valence-electron chi connectivity index (χ2n) is 4.73. The Morgan fingerprint density at radius 1 is 1.45 bits per heavy atom. The molecule has 1 saturated heterocycles. The summed E-state index contributed by atoms with van der Waals surface area (Å²) in [6.07, 6.45) is 0.965. The topological polar surface area (TPSA) is 41.6 Å². The molecule has 0 amide bonds. The van der Waals surface area contributed by atoms with Gasteiger partial charge in [-0.05, 0) is 30.7 Å². The van der Waals surface area contributed by atoms with Gasteiger partial charge in [-0.3, -0.25) is 4.90 Å². The molecule has 0 aliphatic carbocycles. The van der Waals surface area contributed by atoms with Crippen LogP contribution >= 0.6 is 15.9 Å². The van der Waals surface area contributed by atoms with Gasteiger partial charge in [-0.15, -0.1) is 0 Å². The monoisotopic (exact) mass is 344 g/mol. The Morgan fingerprint density at radius 3 is 2.95 bits per heavy atom. The number of ether oxygens (including phenoxy) is 1. The van der Waals surface area contributed by atoms with Crippen LogP contribution in [0.25, 0.3) is 0 Å². The number of carbonyl (C=O) groups excluding carboxylic acids is 1. The lowest BCUT2D eigenvalue weighted by molar-refractivity contribution is -0.147. The number of nitrogens with one attached hydrogen (secondary N) is 1. The second kappa shape index (κ2) is 7.15. The van der Waals surface area contributed by atoms with Crippen LogP contribution in [0.5, 0.6) is 0 Å². The van der Waals surface area contributed by atoms with Gasteiger partial charge in [0.1, 0.15) is 11.9 Å². The summed E-state index contributed by atoms with van der Waals surface area (Å²) in [6.45, 7) is 3.32. The summed E-state index contributed by atoms with van der Waals surface area (Å²) in [4.78, 5) is 14.2. The van der Waals surface area contributed by atoms with Crippen LogP contribution in [0.2, 0.25) is 0 Å². The predicted molar refractivity (Wildman–Crippen MR) is 77.9 cm³/mol. The fraction of sp³-hybridized carbons (Fsp3) is 0.500. The molecule has 4 nitrogen and oxygen atoms in total. The first kappa shape index (κ1) is 15.4. The molecular weight excluding hydrogens is 327 g/mol. The Bertz CT molecular complexity index is 476. The van der Waals surface area contributed by atoms with Crippen LogP contribution in [0, 0.1) is 5.82 Å². The maximum Gasteiger partial charge on any atom is 0.327 e. The standard InChI is InChI=1S/C14H18BrFN2O2/c1-20-14(19)13(18-7-2-5-17-6-8-18)11-4-3-10(16)9-12(11)15/h3-4,9,13,17H,2,5-8H2,1H3. The van der Waals surface area contributed by atoms with Gasteiger partial charge < -0.3 is 10.1 Å². The number of methoxy groups -OCH3 is 1. The summed E-state index contributed by atoms with van der Waals surface area (Å²) >= 11 is 3.34. The van der Waals surface area contributed by atoms with Gasteiger partial charge in [-0.1, -0.05) is 22.0 Å². The Balaban J connectivity index is 2.33. The second-order valence-corrected chi connectivity index (χ2v) is 5.59. The highest BCUT2D eigenvalue weighted by Crippen LogP contribution is 2.30. The van der Waals surface area contributed by atoms with E-state index in [1.54, 1.807) is 6.07 Å². The average molecular weight is 345 g/mol. The Kier molecular flexibility index (Phi) is 5.51. The first-order chi connectivity index (χ1) is 9.63. The van der Waals surface area contributed by atoms with Crippen LogP contribution in [0.15, 0.2) is 22.7 Å². The third-order valence-electron chi connectivity index (χ3n) is 3.42. The molecule has 1 atom stereocenters. The molecular formula is C14H18BrFN2O2. The van der Waals surface area contributed by atoms with E-state index in [2.05, 4.69) is 26.1 Å². The van der Waals surface area contributed by atoms with E-state index in [0.717, 1.165) is 38.2 Å². The van der Waals surface area contributed by atoms with Gasteiger partial charge in [0.15, 0.2) is 0 Å².